The maximum Gasteiger partial charge on any atom is 0.269 e. The maximum absolute atomic E-state index is 12.5. The van der Waals surface area contributed by atoms with E-state index in [-0.39, 0.29) is 5.91 Å². The Balaban J connectivity index is 1.55. The monoisotopic (exact) mass is 359 g/mol. The molecular formula is C21H17N3OS. The lowest BCUT2D eigenvalue weighted by Crippen LogP contribution is -2.26. The van der Waals surface area contributed by atoms with Crippen molar-refractivity contribution in [1.29, 1.82) is 0 Å². The Kier molecular flexibility index (Phi) is 4.71. The first-order valence-electron chi connectivity index (χ1n) is 8.41. The van der Waals surface area contributed by atoms with Gasteiger partial charge < -0.3 is 5.32 Å². The van der Waals surface area contributed by atoms with Crippen molar-refractivity contribution in [3.8, 4) is 11.1 Å². The fourth-order valence-electron chi connectivity index (χ4n) is 2.85. The lowest BCUT2D eigenvalue weighted by atomic mass is 10.1. The molecule has 0 spiro atoms. The summed E-state index contributed by atoms with van der Waals surface area (Å²) in [6.07, 6.45) is 4.37. The molecule has 0 fully saturated rings. The minimum atomic E-state index is -0.157. The molecule has 0 aliphatic heterocycles. The van der Waals surface area contributed by atoms with Gasteiger partial charge in [0, 0.05) is 29.9 Å². The number of nitrogens with zero attached hydrogens (tertiary/aromatic N) is 2. The van der Waals surface area contributed by atoms with Crippen LogP contribution in [0, 0.1) is 0 Å². The van der Waals surface area contributed by atoms with Gasteiger partial charge in [-0.25, -0.2) is 4.98 Å². The Bertz CT molecular complexity index is 1030. The Labute approximate surface area is 155 Å². The lowest BCUT2D eigenvalue weighted by Gasteiger charge is -2.08. The molecule has 128 valence electrons. The molecule has 0 saturated carbocycles. The van der Waals surface area contributed by atoms with E-state index in [1.54, 1.807) is 29.8 Å². The first kappa shape index (κ1) is 16.4. The highest BCUT2D eigenvalue weighted by molar-refractivity contribution is 7.08. The number of carbonyl (C=O) groups is 1. The molecule has 5 heteroatoms. The maximum atomic E-state index is 12.5. The van der Waals surface area contributed by atoms with Crippen LogP contribution in [-0.2, 0) is 6.42 Å². The second-order valence-corrected chi connectivity index (χ2v) is 6.74. The molecular weight excluding hydrogens is 342 g/mol. The summed E-state index contributed by atoms with van der Waals surface area (Å²) in [4.78, 5) is 21.4. The summed E-state index contributed by atoms with van der Waals surface area (Å²) in [6.45, 7) is 0.580. The molecule has 0 atom stereocenters. The smallest absolute Gasteiger partial charge is 0.269 e. The van der Waals surface area contributed by atoms with Crippen molar-refractivity contribution in [2.24, 2.45) is 0 Å². The number of benzene rings is 1. The average Bonchev–Trinajstić information content (AvgIpc) is 3.22. The fourth-order valence-corrected chi connectivity index (χ4v) is 3.51. The van der Waals surface area contributed by atoms with Crippen molar-refractivity contribution in [1.82, 2.24) is 15.3 Å². The van der Waals surface area contributed by atoms with E-state index in [0.717, 1.165) is 28.5 Å². The molecule has 0 radical (unpaired) electrons. The van der Waals surface area contributed by atoms with E-state index in [4.69, 9.17) is 0 Å². The number of nitrogens with one attached hydrogen (secondary N) is 1. The minimum Gasteiger partial charge on any atom is -0.350 e. The second-order valence-electron chi connectivity index (χ2n) is 5.96. The molecule has 3 aromatic heterocycles. The van der Waals surface area contributed by atoms with Crippen molar-refractivity contribution in [2.45, 2.75) is 6.42 Å². The highest BCUT2D eigenvalue weighted by Gasteiger charge is 2.11. The molecule has 0 saturated heterocycles. The molecule has 4 nitrogen and oxygen atoms in total. The number of hydrogen-bond donors (Lipinski definition) is 1. The Morgan fingerprint density at radius 1 is 1.04 bits per heavy atom. The topological polar surface area (TPSA) is 54.9 Å². The molecule has 0 unspecified atom stereocenters. The zero-order chi connectivity index (χ0) is 17.8. The number of amides is 1. The summed E-state index contributed by atoms with van der Waals surface area (Å²) in [7, 11) is 0. The van der Waals surface area contributed by atoms with E-state index in [1.807, 2.05) is 35.7 Å². The molecule has 0 bridgehead atoms. The summed E-state index contributed by atoms with van der Waals surface area (Å²) < 4.78 is 0. The molecule has 0 aliphatic carbocycles. The van der Waals surface area contributed by atoms with Gasteiger partial charge in [0.15, 0.2) is 0 Å². The van der Waals surface area contributed by atoms with E-state index in [0.29, 0.717) is 12.2 Å². The molecule has 26 heavy (non-hydrogen) atoms. The van der Waals surface area contributed by atoms with Gasteiger partial charge >= 0.3 is 0 Å². The average molecular weight is 359 g/mol. The van der Waals surface area contributed by atoms with Gasteiger partial charge in [-0.05, 0) is 46.5 Å². The predicted molar refractivity (Wildman–Crippen MR) is 105 cm³/mol. The zero-order valence-electron chi connectivity index (χ0n) is 14.1. The Morgan fingerprint density at radius 3 is 2.73 bits per heavy atom. The van der Waals surface area contributed by atoms with Gasteiger partial charge in [0.25, 0.3) is 5.91 Å². The summed E-state index contributed by atoms with van der Waals surface area (Å²) in [5.41, 5.74) is 4.44. The number of carbonyl (C=O) groups excluding carboxylic acids is 1. The van der Waals surface area contributed by atoms with Crippen LogP contribution >= 0.6 is 11.3 Å². The largest absolute Gasteiger partial charge is 0.350 e. The van der Waals surface area contributed by atoms with Gasteiger partial charge in [0.1, 0.15) is 5.69 Å². The normalized spacial score (nSPS) is 10.8. The van der Waals surface area contributed by atoms with Crippen LogP contribution < -0.4 is 5.32 Å². The Morgan fingerprint density at radius 2 is 1.92 bits per heavy atom. The summed E-state index contributed by atoms with van der Waals surface area (Å²) >= 11 is 1.63. The van der Waals surface area contributed by atoms with E-state index >= 15 is 0 Å². The van der Waals surface area contributed by atoms with Crippen molar-refractivity contribution in [2.75, 3.05) is 6.54 Å². The van der Waals surface area contributed by atoms with Crippen LogP contribution in [-0.4, -0.2) is 22.4 Å². The summed E-state index contributed by atoms with van der Waals surface area (Å²) in [5.74, 6) is -0.157. The Hall–Kier alpha value is -3.05. The molecule has 1 aromatic carbocycles. The van der Waals surface area contributed by atoms with E-state index in [1.165, 1.54) is 5.56 Å². The van der Waals surface area contributed by atoms with Gasteiger partial charge in [-0.2, -0.15) is 11.3 Å². The minimum absolute atomic E-state index is 0.157. The quantitative estimate of drug-likeness (QED) is 0.577. The molecule has 3 heterocycles. The van der Waals surface area contributed by atoms with Gasteiger partial charge in [-0.15, -0.1) is 0 Å². The number of pyridine rings is 2. The van der Waals surface area contributed by atoms with Crippen molar-refractivity contribution < 1.29 is 4.79 Å². The van der Waals surface area contributed by atoms with Crippen LogP contribution in [0.15, 0.2) is 71.7 Å². The number of fused-ring (bicyclic) bond motifs is 1. The van der Waals surface area contributed by atoms with Crippen LogP contribution in [0.3, 0.4) is 0 Å². The standard InChI is InChI=1S/C21H17N3OS/c25-21(23-10-8-15-4-2-1-3-5-15)19-7-6-16-12-22-13-18(20(16)24-19)17-9-11-26-14-17/h1-7,9,11-14H,8,10H2,(H,23,25). The van der Waals surface area contributed by atoms with Gasteiger partial charge in [-0.3, -0.25) is 9.78 Å². The molecule has 4 rings (SSSR count). The number of aromatic nitrogens is 2. The van der Waals surface area contributed by atoms with Crippen molar-refractivity contribution in [3.05, 3.63) is 82.9 Å². The van der Waals surface area contributed by atoms with Gasteiger partial charge in [0.05, 0.1) is 5.52 Å². The zero-order valence-corrected chi connectivity index (χ0v) is 14.9. The lowest BCUT2D eigenvalue weighted by molar-refractivity contribution is 0.0949. The number of thiophene rings is 1. The van der Waals surface area contributed by atoms with Crippen LogP contribution in [0.5, 0.6) is 0 Å². The first-order chi connectivity index (χ1) is 12.8. The SMILES string of the molecule is O=C(NCCc1ccccc1)c1ccc2cncc(-c3ccsc3)c2n1. The highest BCUT2D eigenvalue weighted by atomic mass is 32.1. The molecule has 0 aliphatic rings. The van der Waals surface area contributed by atoms with E-state index in [2.05, 4.69) is 32.8 Å². The number of hydrogen-bond acceptors (Lipinski definition) is 4. The van der Waals surface area contributed by atoms with E-state index in [9.17, 15) is 4.79 Å². The fraction of sp³-hybridized carbons (Fsp3) is 0.0952. The van der Waals surface area contributed by atoms with Crippen LogP contribution in [0.25, 0.3) is 22.0 Å². The first-order valence-corrected chi connectivity index (χ1v) is 9.35. The third-order valence-electron chi connectivity index (χ3n) is 4.21. The predicted octanol–water partition coefficient (Wildman–Crippen LogP) is 4.33. The molecule has 1 N–H and O–H groups in total. The van der Waals surface area contributed by atoms with Crippen LogP contribution in [0.2, 0.25) is 0 Å². The summed E-state index contributed by atoms with van der Waals surface area (Å²) in [5, 5.41) is 7.96. The van der Waals surface area contributed by atoms with Gasteiger partial charge in [0.2, 0.25) is 0 Å². The summed E-state index contributed by atoms with van der Waals surface area (Å²) in [6, 6.07) is 15.8. The van der Waals surface area contributed by atoms with Gasteiger partial charge in [-0.1, -0.05) is 30.3 Å². The highest BCUT2D eigenvalue weighted by Crippen LogP contribution is 2.28. The van der Waals surface area contributed by atoms with Crippen molar-refractivity contribution >= 4 is 28.1 Å². The van der Waals surface area contributed by atoms with Crippen LogP contribution in [0.1, 0.15) is 16.1 Å². The third kappa shape index (κ3) is 3.48. The number of rotatable bonds is 5. The molecule has 1 amide bonds. The second kappa shape index (κ2) is 7.45. The van der Waals surface area contributed by atoms with Crippen LogP contribution in [0.4, 0.5) is 0 Å². The van der Waals surface area contributed by atoms with Crippen molar-refractivity contribution in [3.63, 3.8) is 0 Å². The molecule has 4 aromatic rings. The van der Waals surface area contributed by atoms with E-state index < -0.39 is 0 Å². The third-order valence-corrected chi connectivity index (χ3v) is 4.89.